The normalized spacial score (nSPS) is 21.9. The predicted molar refractivity (Wildman–Crippen MR) is 76.6 cm³/mol. The highest BCUT2D eigenvalue weighted by Gasteiger charge is 2.20. The van der Waals surface area contributed by atoms with Crippen LogP contribution in [0.1, 0.15) is 56.6 Å². The molecule has 5 nitrogen and oxygen atoms in total. The van der Waals surface area contributed by atoms with Gasteiger partial charge in [-0.05, 0) is 32.1 Å². The molecule has 5 heteroatoms. The molecule has 0 spiro atoms. The molecule has 0 aliphatic carbocycles. The molecule has 0 unspecified atom stereocenters. The van der Waals surface area contributed by atoms with Crippen LogP contribution < -0.4 is 5.32 Å². The van der Waals surface area contributed by atoms with Crippen molar-refractivity contribution in [2.45, 2.75) is 57.9 Å². The maximum atomic E-state index is 9.58. The molecule has 2 aliphatic rings. The van der Waals surface area contributed by atoms with Crippen LogP contribution in [0.15, 0.2) is 5.70 Å². The largest absolute Gasteiger partial charge is 0.387 e. The molecule has 0 amide bonds. The zero-order chi connectivity index (χ0) is 13.8. The molecule has 0 aromatic carbocycles. The van der Waals surface area contributed by atoms with Crippen LogP contribution in [0.4, 0.5) is 0 Å². The van der Waals surface area contributed by atoms with Crippen molar-refractivity contribution >= 4 is 5.57 Å². The summed E-state index contributed by atoms with van der Waals surface area (Å²) in [6.07, 6.45) is 9.05. The van der Waals surface area contributed by atoms with Crippen molar-refractivity contribution in [1.29, 1.82) is 5.26 Å². The topological polar surface area (TPSA) is 66.5 Å². The number of aryl methyl sites for hydroxylation is 1. The van der Waals surface area contributed by atoms with E-state index in [0.717, 1.165) is 56.1 Å². The third-order valence-electron chi connectivity index (χ3n) is 4.19. The molecular formula is C15H21N5. The second kappa shape index (κ2) is 6.08. The monoisotopic (exact) mass is 271 g/mol. The molecule has 1 N–H and O–H groups in total. The van der Waals surface area contributed by atoms with Gasteiger partial charge in [-0.15, -0.1) is 10.2 Å². The van der Waals surface area contributed by atoms with Crippen molar-refractivity contribution < 1.29 is 0 Å². The standard InChI is InChI=1S/C15H21N5/c16-11-12(13-7-3-1-5-9-17-13)15-19-18-14-8-4-2-6-10-20(14)15/h17H,1-10H2/b13-12-. The molecule has 20 heavy (non-hydrogen) atoms. The Kier molecular flexibility index (Phi) is 4.00. The number of nitriles is 1. The van der Waals surface area contributed by atoms with E-state index in [1.165, 1.54) is 25.7 Å². The summed E-state index contributed by atoms with van der Waals surface area (Å²) in [6.45, 7) is 1.90. The summed E-state index contributed by atoms with van der Waals surface area (Å²) in [7, 11) is 0. The first kappa shape index (κ1) is 13.2. The Hall–Kier alpha value is -1.83. The van der Waals surface area contributed by atoms with Gasteiger partial charge in [0, 0.05) is 25.2 Å². The Morgan fingerprint density at radius 2 is 1.90 bits per heavy atom. The van der Waals surface area contributed by atoms with Crippen LogP contribution >= 0.6 is 0 Å². The first-order valence-electron chi connectivity index (χ1n) is 7.69. The molecule has 1 saturated heterocycles. The van der Waals surface area contributed by atoms with Crippen molar-refractivity contribution in [1.82, 2.24) is 20.1 Å². The van der Waals surface area contributed by atoms with Crippen LogP contribution in [0.25, 0.3) is 5.57 Å². The van der Waals surface area contributed by atoms with E-state index in [1.807, 2.05) is 0 Å². The summed E-state index contributed by atoms with van der Waals surface area (Å²) >= 11 is 0. The molecule has 1 aromatic heterocycles. The van der Waals surface area contributed by atoms with Crippen LogP contribution in [-0.2, 0) is 13.0 Å². The van der Waals surface area contributed by atoms with E-state index in [2.05, 4.69) is 26.2 Å². The van der Waals surface area contributed by atoms with Crippen molar-refractivity contribution in [3.63, 3.8) is 0 Å². The molecule has 0 radical (unpaired) electrons. The Balaban J connectivity index is 1.99. The SMILES string of the molecule is N#C/C(=C1\CCCCCN1)c1nnc2n1CCCCC2. The first-order chi connectivity index (χ1) is 9.90. The van der Waals surface area contributed by atoms with E-state index in [9.17, 15) is 5.26 Å². The van der Waals surface area contributed by atoms with Gasteiger partial charge in [0.1, 0.15) is 17.5 Å². The van der Waals surface area contributed by atoms with E-state index in [1.54, 1.807) is 0 Å². The fourth-order valence-corrected chi connectivity index (χ4v) is 3.07. The highest BCUT2D eigenvalue weighted by molar-refractivity contribution is 5.75. The third kappa shape index (κ3) is 2.55. The lowest BCUT2D eigenvalue weighted by Crippen LogP contribution is -2.15. The van der Waals surface area contributed by atoms with E-state index in [-0.39, 0.29) is 0 Å². The quantitative estimate of drug-likeness (QED) is 0.796. The van der Waals surface area contributed by atoms with Gasteiger partial charge in [0.15, 0.2) is 5.82 Å². The average molecular weight is 271 g/mol. The van der Waals surface area contributed by atoms with Gasteiger partial charge in [0.2, 0.25) is 0 Å². The van der Waals surface area contributed by atoms with Crippen LogP contribution in [0.3, 0.4) is 0 Å². The molecule has 106 valence electrons. The van der Waals surface area contributed by atoms with Gasteiger partial charge in [-0.1, -0.05) is 12.8 Å². The highest BCUT2D eigenvalue weighted by atomic mass is 15.3. The molecule has 2 aliphatic heterocycles. The van der Waals surface area contributed by atoms with E-state index >= 15 is 0 Å². The van der Waals surface area contributed by atoms with Crippen LogP contribution in [-0.4, -0.2) is 21.3 Å². The number of fused-ring (bicyclic) bond motifs is 1. The van der Waals surface area contributed by atoms with Gasteiger partial charge in [0.05, 0.1) is 0 Å². The molecule has 0 bridgehead atoms. The third-order valence-corrected chi connectivity index (χ3v) is 4.19. The van der Waals surface area contributed by atoms with Crippen molar-refractivity contribution in [3.8, 4) is 6.07 Å². The number of nitrogens with zero attached hydrogens (tertiary/aromatic N) is 4. The van der Waals surface area contributed by atoms with Crippen LogP contribution in [0.2, 0.25) is 0 Å². The first-order valence-corrected chi connectivity index (χ1v) is 7.69. The Labute approximate surface area is 119 Å². The zero-order valence-corrected chi connectivity index (χ0v) is 11.9. The molecule has 1 fully saturated rings. The predicted octanol–water partition coefficient (Wildman–Crippen LogP) is 2.40. The fourth-order valence-electron chi connectivity index (χ4n) is 3.07. The van der Waals surface area contributed by atoms with Crippen LogP contribution in [0, 0.1) is 11.3 Å². The van der Waals surface area contributed by atoms with E-state index in [4.69, 9.17) is 0 Å². The lowest BCUT2D eigenvalue weighted by Gasteiger charge is -2.11. The number of hydrogen-bond acceptors (Lipinski definition) is 4. The Morgan fingerprint density at radius 1 is 1.05 bits per heavy atom. The number of rotatable bonds is 1. The number of hydrogen-bond donors (Lipinski definition) is 1. The second-order valence-electron chi connectivity index (χ2n) is 5.60. The Bertz CT molecular complexity index is 539. The molecule has 3 heterocycles. The van der Waals surface area contributed by atoms with Crippen molar-refractivity contribution in [3.05, 3.63) is 17.3 Å². The summed E-state index contributed by atoms with van der Waals surface area (Å²) in [5, 5.41) is 21.6. The molecule has 0 atom stereocenters. The minimum Gasteiger partial charge on any atom is -0.387 e. The van der Waals surface area contributed by atoms with E-state index < -0.39 is 0 Å². The van der Waals surface area contributed by atoms with E-state index in [0.29, 0.717) is 5.57 Å². The maximum Gasteiger partial charge on any atom is 0.176 e. The fraction of sp³-hybridized carbons (Fsp3) is 0.667. The minimum absolute atomic E-state index is 0.701. The minimum atomic E-state index is 0.701. The number of nitrogens with one attached hydrogen (secondary N) is 1. The number of aromatic nitrogens is 3. The van der Waals surface area contributed by atoms with Gasteiger partial charge in [-0.3, -0.25) is 0 Å². The molecular weight excluding hydrogens is 250 g/mol. The van der Waals surface area contributed by atoms with Crippen molar-refractivity contribution in [2.75, 3.05) is 6.54 Å². The zero-order valence-electron chi connectivity index (χ0n) is 11.9. The maximum absolute atomic E-state index is 9.58. The Morgan fingerprint density at radius 3 is 2.80 bits per heavy atom. The smallest absolute Gasteiger partial charge is 0.176 e. The lowest BCUT2D eigenvalue weighted by molar-refractivity contribution is 0.626. The summed E-state index contributed by atoms with van der Waals surface area (Å²) < 4.78 is 2.16. The molecule has 3 rings (SSSR count). The average Bonchev–Trinajstić information content (AvgIpc) is 2.69. The molecule has 0 saturated carbocycles. The summed E-state index contributed by atoms with van der Waals surface area (Å²) in [6, 6.07) is 2.37. The number of allylic oxidation sites excluding steroid dienone is 2. The van der Waals surface area contributed by atoms with Crippen LogP contribution in [0.5, 0.6) is 0 Å². The summed E-state index contributed by atoms with van der Waals surface area (Å²) in [5.74, 6) is 1.81. The second-order valence-corrected chi connectivity index (χ2v) is 5.60. The summed E-state index contributed by atoms with van der Waals surface area (Å²) in [4.78, 5) is 0. The van der Waals surface area contributed by atoms with Gasteiger partial charge in [0.25, 0.3) is 0 Å². The lowest BCUT2D eigenvalue weighted by atomic mass is 10.1. The summed E-state index contributed by atoms with van der Waals surface area (Å²) in [5.41, 5.74) is 1.76. The highest BCUT2D eigenvalue weighted by Crippen LogP contribution is 2.24. The molecule has 1 aromatic rings. The van der Waals surface area contributed by atoms with Gasteiger partial charge < -0.3 is 9.88 Å². The van der Waals surface area contributed by atoms with Gasteiger partial charge >= 0.3 is 0 Å². The van der Waals surface area contributed by atoms with Crippen molar-refractivity contribution in [2.24, 2.45) is 0 Å². The van der Waals surface area contributed by atoms with Gasteiger partial charge in [-0.2, -0.15) is 5.26 Å². The van der Waals surface area contributed by atoms with Gasteiger partial charge in [-0.25, -0.2) is 0 Å².